The number of hydrogen-bond acceptors (Lipinski definition) is 7. The van der Waals surface area contributed by atoms with Gasteiger partial charge in [-0.15, -0.1) is 0 Å². The van der Waals surface area contributed by atoms with Gasteiger partial charge in [0.2, 0.25) is 5.76 Å². The Morgan fingerprint density at radius 3 is 2.32 bits per heavy atom. The second-order valence-corrected chi connectivity index (χ2v) is 8.08. The number of esters is 2. The van der Waals surface area contributed by atoms with Crippen molar-refractivity contribution in [1.29, 1.82) is 0 Å². The molecule has 2 aliphatic rings. The average molecular weight is 398 g/mol. The van der Waals surface area contributed by atoms with Crippen LogP contribution >= 0.6 is 0 Å². The third kappa shape index (κ3) is 6.69. The molecule has 2 atom stereocenters. The molecule has 0 saturated heterocycles. The van der Waals surface area contributed by atoms with E-state index in [0.717, 1.165) is 25.2 Å². The second kappa shape index (κ2) is 11.3. The standard InChI is InChI=1S/C21H34O7/c1-2-3-4-5-6-14-7-9-15(10-8-14)11-12-17(23)27-13-16(22)20-18(24)19(25)21(26)28-20/h14-16,20,22,24-25H,2-13H2,1H3/t14?,15?,16-,20+/m0/s1. The van der Waals surface area contributed by atoms with Crippen molar-refractivity contribution in [3.63, 3.8) is 0 Å². The highest BCUT2D eigenvalue weighted by atomic mass is 16.6. The van der Waals surface area contributed by atoms with E-state index >= 15 is 0 Å². The first-order valence-electron chi connectivity index (χ1n) is 10.6. The molecule has 1 aliphatic carbocycles. The molecule has 1 aliphatic heterocycles. The van der Waals surface area contributed by atoms with Crippen LogP contribution in [0.1, 0.15) is 77.6 Å². The van der Waals surface area contributed by atoms with Gasteiger partial charge in [-0.1, -0.05) is 64.7 Å². The van der Waals surface area contributed by atoms with E-state index in [2.05, 4.69) is 11.7 Å². The van der Waals surface area contributed by atoms with E-state index in [-0.39, 0.29) is 6.42 Å². The highest BCUT2D eigenvalue weighted by molar-refractivity contribution is 5.89. The predicted octanol–water partition coefficient (Wildman–Crippen LogP) is 3.70. The Morgan fingerprint density at radius 2 is 1.75 bits per heavy atom. The summed E-state index contributed by atoms with van der Waals surface area (Å²) in [6.45, 7) is 1.82. The number of cyclic esters (lactones) is 1. The summed E-state index contributed by atoms with van der Waals surface area (Å²) < 4.78 is 9.66. The van der Waals surface area contributed by atoms with Gasteiger partial charge in [0.05, 0.1) is 0 Å². The van der Waals surface area contributed by atoms with E-state index < -0.39 is 42.3 Å². The van der Waals surface area contributed by atoms with Crippen molar-refractivity contribution >= 4 is 11.9 Å². The fourth-order valence-corrected chi connectivity index (χ4v) is 4.06. The minimum Gasteiger partial charge on any atom is -0.505 e. The van der Waals surface area contributed by atoms with Crippen molar-refractivity contribution < 1.29 is 34.4 Å². The van der Waals surface area contributed by atoms with Gasteiger partial charge in [-0.2, -0.15) is 0 Å². The Hall–Kier alpha value is -1.76. The van der Waals surface area contributed by atoms with E-state index in [1.807, 2.05) is 0 Å². The maximum absolute atomic E-state index is 11.9. The number of carbonyl (C=O) groups excluding carboxylic acids is 2. The lowest BCUT2D eigenvalue weighted by molar-refractivity contribution is -0.154. The number of ether oxygens (including phenoxy) is 2. The van der Waals surface area contributed by atoms with Gasteiger partial charge >= 0.3 is 11.9 Å². The van der Waals surface area contributed by atoms with Crippen molar-refractivity contribution in [2.45, 2.75) is 89.8 Å². The maximum atomic E-state index is 11.9. The molecule has 0 aromatic heterocycles. The van der Waals surface area contributed by atoms with E-state index in [4.69, 9.17) is 4.74 Å². The van der Waals surface area contributed by atoms with Crippen LogP contribution < -0.4 is 0 Å². The molecule has 1 heterocycles. The first kappa shape index (κ1) is 22.5. The Labute approximate surface area is 166 Å². The lowest BCUT2D eigenvalue weighted by Crippen LogP contribution is -2.33. The predicted molar refractivity (Wildman–Crippen MR) is 103 cm³/mol. The maximum Gasteiger partial charge on any atom is 0.377 e. The third-order valence-corrected chi connectivity index (χ3v) is 5.89. The lowest BCUT2D eigenvalue weighted by atomic mass is 9.78. The molecule has 1 saturated carbocycles. The van der Waals surface area contributed by atoms with Crippen LogP contribution in [0.25, 0.3) is 0 Å². The summed E-state index contributed by atoms with van der Waals surface area (Å²) in [6.07, 6.45) is 9.64. The Balaban J connectivity index is 1.58. The molecule has 1 fully saturated rings. The van der Waals surface area contributed by atoms with Crippen LogP contribution in [0.2, 0.25) is 0 Å². The number of unbranched alkanes of at least 4 members (excludes halogenated alkanes) is 3. The van der Waals surface area contributed by atoms with E-state index in [9.17, 15) is 24.9 Å². The summed E-state index contributed by atoms with van der Waals surface area (Å²) in [5.41, 5.74) is 0. The van der Waals surface area contributed by atoms with Crippen molar-refractivity contribution in [3.8, 4) is 0 Å². The van der Waals surface area contributed by atoms with Gasteiger partial charge in [0.1, 0.15) is 12.7 Å². The Kier molecular flexibility index (Phi) is 9.09. The van der Waals surface area contributed by atoms with E-state index in [1.54, 1.807) is 0 Å². The fraction of sp³-hybridized carbons (Fsp3) is 0.810. The zero-order valence-corrected chi connectivity index (χ0v) is 16.8. The molecule has 28 heavy (non-hydrogen) atoms. The average Bonchev–Trinajstić information content (AvgIpc) is 2.96. The summed E-state index contributed by atoms with van der Waals surface area (Å²) in [5.74, 6) is -1.80. The van der Waals surface area contributed by atoms with Crippen LogP contribution in [0.15, 0.2) is 11.5 Å². The van der Waals surface area contributed by atoms with Gasteiger partial charge in [-0.05, 0) is 18.3 Å². The zero-order valence-electron chi connectivity index (χ0n) is 16.8. The van der Waals surface area contributed by atoms with Gasteiger partial charge in [-0.25, -0.2) is 4.79 Å². The Bertz CT molecular complexity index is 549. The minimum atomic E-state index is -1.42. The molecular weight excluding hydrogens is 364 g/mol. The fourth-order valence-electron chi connectivity index (χ4n) is 4.06. The molecule has 160 valence electrons. The largest absolute Gasteiger partial charge is 0.505 e. The number of carbonyl (C=O) groups is 2. The SMILES string of the molecule is CCCCCCC1CCC(CCC(=O)OC[C@H](O)[C@H]2OC(=O)C(O)=C2O)CC1. The third-order valence-electron chi connectivity index (χ3n) is 5.89. The number of aliphatic hydroxyl groups is 3. The topological polar surface area (TPSA) is 113 Å². The molecule has 2 rings (SSSR count). The summed E-state index contributed by atoms with van der Waals surface area (Å²) in [6, 6.07) is 0. The molecule has 7 heteroatoms. The first-order chi connectivity index (χ1) is 13.4. The summed E-state index contributed by atoms with van der Waals surface area (Å²) in [4.78, 5) is 23.0. The number of aliphatic hydroxyl groups excluding tert-OH is 3. The van der Waals surface area contributed by atoms with Crippen molar-refractivity contribution in [2.24, 2.45) is 11.8 Å². The van der Waals surface area contributed by atoms with Gasteiger partial charge in [0.15, 0.2) is 11.9 Å². The normalized spacial score (nSPS) is 26.2. The lowest BCUT2D eigenvalue weighted by Gasteiger charge is -2.28. The highest BCUT2D eigenvalue weighted by Gasteiger charge is 2.39. The van der Waals surface area contributed by atoms with Crippen LogP contribution in [0, 0.1) is 11.8 Å². The zero-order chi connectivity index (χ0) is 20.5. The van der Waals surface area contributed by atoms with Gasteiger partial charge in [0.25, 0.3) is 0 Å². The monoisotopic (exact) mass is 398 g/mol. The number of hydrogen-bond donors (Lipinski definition) is 3. The molecule has 0 bridgehead atoms. The molecule has 0 amide bonds. The molecule has 0 spiro atoms. The second-order valence-electron chi connectivity index (χ2n) is 8.08. The van der Waals surface area contributed by atoms with Crippen molar-refractivity contribution in [3.05, 3.63) is 11.5 Å². The molecule has 0 unspecified atom stereocenters. The van der Waals surface area contributed by atoms with Crippen molar-refractivity contribution in [2.75, 3.05) is 6.61 Å². The smallest absolute Gasteiger partial charge is 0.377 e. The van der Waals surface area contributed by atoms with Crippen LogP contribution in [-0.4, -0.2) is 46.1 Å². The molecule has 0 aromatic carbocycles. The number of rotatable bonds is 11. The first-order valence-corrected chi connectivity index (χ1v) is 10.6. The van der Waals surface area contributed by atoms with Crippen LogP contribution in [-0.2, 0) is 19.1 Å². The van der Waals surface area contributed by atoms with Crippen LogP contribution in [0.3, 0.4) is 0 Å². The highest BCUT2D eigenvalue weighted by Crippen LogP contribution is 2.34. The summed E-state index contributed by atoms with van der Waals surface area (Å²) in [5, 5.41) is 28.6. The van der Waals surface area contributed by atoms with Gasteiger partial charge in [0, 0.05) is 6.42 Å². The van der Waals surface area contributed by atoms with Crippen LogP contribution in [0.5, 0.6) is 0 Å². The molecular formula is C21H34O7. The molecule has 0 aromatic rings. The molecule has 3 N–H and O–H groups in total. The van der Waals surface area contributed by atoms with E-state index in [0.29, 0.717) is 5.92 Å². The molecule has 0 radical (unpaired) electrons. The molecule has 7 nitrogen and oxygen atoms in total. The minimum absolute atomic E-state index is 0.288. The summed E-state index contributed by atoms with van der Waals surface area (Å²) in [7, 11) is 0. The van der Waals surface area contributed by atoms with E-state index in [1.165, 1.54) is 44.9 Å². The Morgan fingerprint density at radius 1 is 1.11 bits per heavy atom. The summed E-state index contributed by atoms with van der Waals surface area (Å²) >= 11 is 0. The van der Waals surface area contributed by atoms with Crippen LogP contribution in [0.4, 0.5) is 0 Å². The quantitative estimate of drug-likeness (QED) is 0.359. The van der Waals surface area contributed by atoms with Gasteiger partial charge < -0.3 is 24.8 Å². The van der Waals surface area contributed by atoms with Crippen molar-refractivity contribution in [1.82, 2.24) is 0 Å². The van der Waals surface area contributed by atoms with Gasteiger partial charge in [-0.3, -0.25) is 4.79 Å².